The van der Waals surface area contributed by atoms with Gasteiger partial charge in [0.2, 0.25) is 0 Å². The van der Waals surface area contributed by atoms with Crippen molar-refractivity contribution >= 4 is 0 Å². The molecule has 1 fully saturated rings. The summed E-state index contributed by atoms with van der Waals surface area (Å²) in [6, 6.07) is 4.46. The van der Waals surface area contributed by atoms with Crippen molar-refractivity contribution in [2.45, 2.75) is 64.1 Å². The van der Waals surface area contributed by atoms with Crippen molar-refractivity contribution < 1.29 is 14.2 Å². The molecule has 1 spiro atoms. The molecule has 1 aromatic rings. The number of aliphatic hydroxyl groups excluding tert-OH is 1. The first-order valence-corrected chi connectivity index (χ1v) is 7.56. The molecule has 1 aliphatic carbocycles. The molecule has 2 aliphatic rings. The predicted molar refractivity (Wildman–Crippen MR) is 76.2 cm³/mol. The number of aliphatic hydroxyl groups is 1. The average molecular weight is 278 g/mol. The normalized spacial score (nSPS) is 32.3. The second-order valence-corrected chi connectivity index (χ2v) is 7.20. The van der Waals surface area contributed by atoms with Crippen molar-refractivity contribution in [2.75, 3.05) is 0 Å². The lowest BCUT2D eigenvalue weighted by Gasteiger charge is -2.40. The van der Waals surface area contributed by atoms with Crippen LogP contribution in [-0.2, 0) is 0 Å². The third kappa shape index (κ3) is 2.56. The monoisotopic (exact) mass is 278 g/mol. The van der Waals surface area contributed by atoms with Gasteiger partial charge in [0.15, 0.2) is 0 Å². The van der Waals surface area contributed by atoms with Crippen LogP contribution in [0.25, 0.3) is 0 Å². The van der Waals surface area contributed by atoms with Crippen LogP contribution in [0.15, 0.2) is 18.2 Å². The van der Waals surface area contributed by atoms with Crippen LogP contribution in [0.3, 0.4) is 0 Å². The molecule has 1 saturated carbocycles. The number of rotatable bonds is 0. The Labute approximate surface area is 120 Å². The Morgan fingerprint density at radius 2 is 2.00 bits per heavy atom. The summed E-state index contributed by atoms with van der Waals surface area (Å²) in [5, 5.41) is 10.4. The van der Waals surface area contributed by atoms with E-state index in [0.29, 0.717) is 23.1 Å². The van der Waals surface area contributed by atoms with Gasteiger partial charge < -0.3 is 9.84 Å². The Morgan fingerprint density at radius 1 is 1.20 bits per heavy atom. The second-order valence-electron chi connectivity index (χ2n) is 7.20. The van der Waals surface area contributed by atoms with Crippen LogP contribution in [0, 0.1) is 11.2 Å². The van der Waals surface area contributed by atoms with Crippen LogP contribution < -0.4 is 4.74 Å². The number of hydrogen-bond acceptors (Lipinski definition) is 2. The SMILES string of the molecule is CC1(C)CCCC2(CC1)C[C@H](O)c1cc(F)ccc1O2. The number of hydrogen-bond donors (Lipinski definition) is 1. The number of ether oxygens (including phenoxy) is 1. The first kappa shape index (κ1) is 13.9. The molecule has 2 atom stereocenters. The molecule has 1 heterocycles. The fraction of sp³-hybridized carbons (Fsp3) is 0.647. The lowest BCUT2D eigenvalue weighted by Crippen LogP contribution is -2.41. The molecule has 0 radical (unpaired) electrons. The zero-order valence-electron chi connectivity index (χ0n) is 12.3. The smallest absolute Gasteiger partial charge is 0.126 e. The standard InChI is InChI=1S/C17H23FO2/c1-16(2)6-3-7-17(9-8-16)11-14(19)13-10-12(18)4-5-15(13)20-17/h4-5,10,14,19H,3,6-9,11H2,1-2H3/t14-,17?/m0/s1. The van der Waals surface area contributed by atoms with Gasteiger partial charge in [-0.25, -0.2) is 4.39 Å². The summed E-state index contributed by atoms with van der Waals surface area (Å²) in [4.78, 5) is 0. The third-order valence-electron chi connectivity index (χ3n) is 4.97. The van der Waals surface area contributed by atoms with Gasteiger partial charge in [0.1, 0.15) is 17.2 Å². The maximum atomic E-state index is 13.3. The maximum absolute atomic E-state index is 13.3. The minimum atomic E-state index is -0.615. The molecule has 1 aromatic carbocycles. The number of fused-ring (bicyclic) bond motifs is 1. The molecular weight excluding hydrogens is 255 g/mol. The van der Waals surface area contributed by atoms with Gasteiger partial charge in [-0.2, -0.15) is 0 Å². The topological polar surface area (TPSA) is 29.5 Å². The van der Waals surface area contributed by atoms with E-state index < -0.39 is 6.10 Å². The Balaban J connectivity index is 1.88. The van der Waals surface area contributed by atoms with E-state index in [2.05, 4.69) is 13.8 Å². The van der Waals surface area contributed by atoms with E-state index in [1.807, 2.05) is 0 Å². The average Bonchev–Trinajstić information content (AvgIpc) is 2.51. The van der Waals surface area contributed by atoms with E-state index in [4.69, 9.17) is 4.74 Å². The highest BCUT2D eigenvalue weighted by molar-refractivity contribution is 5.38. The molecule has 0 saturated heterocycles. The van der Waals surface area contributed by atoms with Crippen molar-refractivity contribution in [3.8, 4) is 5.75 Å². The lowest BCUT2D eigenvalue weighted by atomic mass is 9.81. The Hall–Kier alpha value is -1.09. The molecule has 2 nitrogen and oxygen atoms in total. The molecule has 1 aliphatic heterocycles. The van der Waals surface area contributed by atoms with Crippen molar-refractivity contribution in [1.82, 2.24) is 0 Å². The Morgan fingerprint density at radius 3 is 2.80 bits per heavy atom. The third-order valence-corrected chi connectivity index (χ3v) is 4.97. The van der Waals surface area contributed by atoms with Gasteiger partial charge in [-0.3, -0.25) is 0 Å². The highest BCUT2D eigenvalue weighted by Crippen LogP contribution is 2.48. The molecule has 0 aromatic heterocycles. The largest absolute Gasteiger partial charge is 0.487 e. The molecule has 0 bridgehead atoms. The van der Waals surface area contributed by atoms with Gasteiger partial charge in [-0.1, -0.05) is 13.8 Å². The number of benzene rings is 1. The summed E-state index contributed by atoms with van der Waals surface area (Å²) in [7, 11) is 0. The molecular formula is C17H23FO2. The summed E-state index contributed by atoms with van der Waals surface area (Å²) in [6.07, 6.45) is 5.34. The van der Waals surface area contributed by atoms with E-state index in [0.717, 1.165) is 25.7 Å². The fourth-order valence-corrected chi connectivity index (χ4v) is 3.62. The summed E-state index contributed by atoms with van der Waals surface area (Å²) >= 11 is 0. The molecule has 20 heavy (non-hydrogen) atoms. The zero-order valence-corrected chi connectivity index (χ0v) is 12.3. The summed E-state index contributed by atoms with van der Waals surface area (Å²) in [6.45, 7) is 4.60. The summed E-state index contributed by atoms with van der Waals surface area (Å²) in [5.41, 5.74) is 0.679. The molecule has 110 valence electrons. The highest BCUT2D eigenvalue weighted by atomic mass is 19.1. The Kier molecular flexibility index (Phi) is 3.28. The van der Waals surface area contributed by atoms with Crippen LogP contribution in [-0.4, -0.2) is 10.7 Å². The quantitative estimate of drug-likeness (QED) is 0.763. The molecule has 3 heteroatoms. The molecule has 3 rings (SSSR count). The van der Waals surface area contributed by atoms with Crippen LogP contribution in [0.1, 0.15) is 64.0 Å². The minimum Gasteiger partial charge on any atom is -0.487 e. The van der Waals surface area contributed by atoms with E-state index in [1.54, 1.807) is 6.07 Å². The van der Waals surface area contributed by atoms with Crippen molar-refractivity contribution in [3.05, 3.63) is 29.6 Å². The van der Waals surface area contributed by atoms with Crippen molar-refractivity contribution in [2.24, 2.45) is 5.41 Å². The first-order valence-electron chi connectivity index (χ1n) is 7.56. The van der Waals surface area contributed by atoms with Crippen LogP contribution in [0.2, 0.25) is 0 Å². The van der Waals surface area contributed by atoms with Crippen molar-refractivity contribution in [1.29, 1.82) is 0 Å². The summed E-state index contributed by atoms with van der Waals surface area (Å²) < 4.78 is 19.5. The lowest BCUT2D eigenvalue weighted by molar-refractivity contribution is -0.0262. The number of halogens is 1. The second kappa shape index (κ2) is 4.73. The van der Waals surface area contributed by atoms with Crippen LogP contribution in [0.4, 0.5) is 4.39 Å². The van der Waals surface area contributed by atoms with Crippen LogP contribution >= 0.6 is 0 Å². The van der Waals surface area contributed by atoms with E-state index in [-0.39, 0.29) is 11.4 Å². The molecule has 1 N–H and O–H groups in total. The summed E-state index contributed by atoms with van der Waals surface area (Å²) in [5.74, 6) is 0.342. The van der Waals surface area contributed by atoms with Crippen molar-refractivity contribution in [3.63, 3.8) is 0 Å². The van der Waals surface area contributed by atoms with E-state index in [9.17, 15) is 9.50 Å². The molecule has 1 unspecified atom stereocenters. The van der Waals surface area contributed by atoms with E-state index in [1.165, 1.54) is 18.6 Å². The van der Waals surface area contributed by atoms with E-state index >= 15 is 0 Å². The molecule has 0 amide bonds. The van der Waals surface area contributed by atoms with Gasteiger partial charge in [0.05, 0.1) is 6.10 Å². The first-order chi connectivity index (χ1) is 9.39. The highest BCUT2D eigenvalue weighted by Gasteiger charge is 2.43. The van der Waals surface area contributed by atoms with Gasteiger partial charge >= 0.3 is 0 Å². The van der Waals surface area contributed by atoms with Gasteiger partial charge in [0.25, 0.3) is 0 Å². The van der Waals surface area contributed by atoms with Gasteiger partial charge in [0, 0.05) is 12.0 Å². The fourth-order valence-electron chi connectivity index (χ4n) is 3.62. The Bertz CT molecular complexity index is 512. The predicted octanol–water partition coefficient (Wildman–Crippen LogP) is 4.37. The van der Waals surface area contributed by atoms with Crippen LogP contribution in [0.5, 0.6) is 5.75 Å². The minimum absolute atomic E-state index is 0.266. The van der Waals surface area contributed by atoms with Gasteiger partial charge in [-0.15, -0.1) is 0 Å². The zero-order chi connectivity index (χ0) is 14.4. The van der Waals surface area contributed by atoms with Gasteiger partial charge in [-0.05, 0) is 55.7 Å². The maximum Gasteiger partial charge on any atom is 0.126 e.